The lowest BCUT2D eigenvalue weighted by molar-refractivity contribution is 0.102. The number of carbonyl (C=O) groups excluding carboxylic acids is 1. The van der Waals surface area contributed by atoms with Crippen molar-refractivity contribution in [2.45, 2.75) is 39.8 Å². The van der Waals surface area contributed by atoms with Crippen molar-refractivity contribution >= 4 is 17.3 Å². The number of para-hydroxylation sites is 3. The van der Waals surface area contributed by atoms with Gasteiger partial charge in [-0.2, -0.15) is 0 Å². The monoisotopic (exact) mass is 388 g/mol. The molecule has 0 aliphatic carbocycles. The summed E-state index contributed by atoms with van der Waals surface area (Å²) in [4.78, 5) is 12.8. The Morgan fingerprint density at radius 1 is 0.931 bits per heavy atom. The molecule has 0 saturated heterocycles. The number of ether oxygens (including phenoxy) is 1. The number of hydrogen-bond acceptors (Lipinski definition) is 3. The SMILES string of the molecule is CCc1ccccc1NCc1cccc(C(=O)Nc2ccccc2OC(C)C)c1. The second-order valence-electron chi connectivity index (χ2n) is 7.18. The predicted molar refractivity (Wildman–Crippen MR) is 120 cm³/mol. The number of nitrogens with one attached hydrogen (secondary N) is 2. The molecule has 3 rings (SSSR count). The summed E-state index contributed by atoms with van der Waals surface area (Å²) in [7, 11) is 0. The first-order valence-electron chi connectivity index (χ1n) is 10.0. The molecule has 4 nitrogen and oxygen atoms in total. The van der Waals surface area contributed by atoms with Crippen LogP contribution in [0.15, 0.2) is 72.8 Å². The van der Waals surface area contributed by atoms with Gasteiger partial charge in [0.05, 0.1) is 11.8 Å². The van der Waals surface area contributed by atoms with Crippen LogP contribution in [0.3, 0.4) is 0 Å². The quantitative estimate of drug-likeness (QED) is 0.505. The Morgan fingerprint density at radius 2 is 1.66 bits per heavy atom. The predicted octanol–water partition coefficient (Wildman–Crippen LogP) is 5.90. The van der Waals surface area contributed by atoms with Crippen LogP contribution in [0, 0.1) is 0 Å². The van der Waals surface area contributed by atoms with E-state index >= 15 is 0 Å². The Balaban J connectivity index is 1.70. The second kappa shape index (κ2) is 9.78. The minimum Gasteiger partial charge on any atom is -0.489 e. The van der Waals surface area contributed by atoms with Crippen LogP contribution >= 0.6 is 0 Å². The second-order valence-corrected chi connectivity index (χ2v) is 7.18. The highest BCUT2D eigenvalue weighted by Gasteiger charge is 2.11. The summed E-state index contributed by atoms with van der Waals surface area (Å²) in [5.74, 6) is 0.519. The molecule has 0 aliphatic heterocycles. The molecule has 0 aromatic heterocycles. The molecule has 1 amide bonds. The number of benzene rings is 3. The summed E-state index contributed by atoms with van der Waals surface area (Å²) in [5.41, 5.74) is 4.75. The maximum atomic E-state index is 12.8. The Hall–Kier alpha value is -3.27. The highest BCUT2D eigenvalue weighted by Crippen LogP contribution is 2.25. The van der Waals surface area contributed by atoms with Gasteiger partial charge in [-0.1, -0.05) is 49.4 Å². The highest BCUT2D eigenvalue weighted by atomic mass is 16.5. The average molecular weight is 389 g/mol. The minimum atomic E-state index is -0.152. The Bertz CT molecular complexity index is 966. The molecule has 0 aliphatic rings. The standard InChI is InChI=1S/C25H28N2O2/c1-4-20-11-5-6-13-22(20)26-17-19-10-9-12-21(16-19)25(28)27-23-14-7-8-15-24(23)29-18(2)3/h5-16,18,26H,4,17H2,1-3H3,(H,27,28). The van der Waals surface area contributed by atoms with E-state index in [0.29, 0.717) is 23.5 Å². The Morgan fingerprint density at radius 3 is 2.41 bits per heavy atom. The molecule has 3 aromatic rings. The molecule has 3 aromatic carbocycles. The van der Waals surface area contributed by atoms with Gasteiger partial charge < -0.3 is 15.4 Å². The van der Waals surface area contributed by atoms with Crippen molar-refractivity contribution in [1.82, 2.24) is 0 Å². The van der Waals surface area contributed by atoms with Crippen molar-refractivity contribution in [1.29, 1.82) is 0 Å². The normalized spacial score (nSPS) is 10.6. The smallest absolute Gasteiger partial charge is 0.255 e. The zero-order chi connectivity index (χ0) is 20.6. The van der Waals surface area contributed by atoms with E-state index in [0.717, 1.165) is 17.7 Å². The van der Waals surface area contributed by atoms with E-state index in [9.17, 15) is 4.79 Å². The largest absolute Gasteiger partial charge is 0.489 e. The molecule has 29 heavy (non-hydrogen) atoms. The summed E-state index contributed by atoms with van der Waals surface area (Å²) in [6.07, 6.45) is 1.01. The van der Waals surface area contributed by atoms with Gasteiger partial charge in [-0.25, -0.2) is 0 Å². The zero-order valence-electron chi connectivity index (χ0n) is 17.2. The van der Waals surface area contributed by atoms with Crippen LogP contribution in [-0.2, 0) is 13.0 Å². The number of anilines is 2. The van der Waals surface area contributed by atoms with Crippen molar-refractivity contribution in [2.24, 2.45) is 0 Å². The summed E-state index contributed by atoms with van der Waals surface area (Å²) in [5, 5.41) is 6.44. The van der Waals surface area contributed by atoms with E-state index < -0.39 is 0 Å². The summed E-state index contributed by atoms with van der Waals surface area (Å²) in [6.45, 7) is 6.73. The van der Waals surface area contributed by atoms with Crippen molar-refractivity contribution in [3.05, 3.63) is 89.5 Å². The van der Waals surface area contributed by atoms with Crippen LogP contribution in [0.2, 0.25) is 0 Å². The van der Waals surface area contributed by atoms with E-state index in [-0.39, 0.29) is 12.0 Å². The summed E-state index contributed by atoms with van der Waals surface area (Å²) in [6, 6.07) is 23.5. The molecule has 0 bridgehead atoms. The highest BCUT2D eigenvalue weighted by molar-refractivity contribution is 6.05. The third kappa shape index (κ3) is 5.61. The molecule has 0 radical (unpaired) electrons. The average Bonchev–Trinajstić information content (AvgIpc) is 2.73. The lowest BCUT2D eigenvalue weighted by Crippen LogP contribution is -2.15. The third-order valence-electron chi connectivity index (χ3n) is 4.57. The van der Waals surface area contributed by atoms with Gasteiger partial charge in [0.25, 0.3) is 5.91 Å². The van der Waals surface area contributed by atoms with Crippen LogP contribution in [0.1, 0.15) is 42.3 Å². The van der Waals surface area contributed by atoms with Gasteiger partial charge in [0.2, 0.25) is 0 Å². The molecule has 150 valence electrons. The van der Waals surface area contributed by atoms with Gasteiger partial charge in [-0.05, 0) is 61.7 Å². The lowest BCUT2D eigenvalue weighted by atomic mass is 10.1. The third-order valence-corrected chi connectivity index (χ3v) is 4.57. The van der Waals surface area contributed by atoms with Crippen molar-refractivity contribution < 1.29 is 9.53 Å². The molecule has 0 saturated carbocycles. The fraction of sp³-hybridized carbons (Fsp3) is 0.240. The number of hydrogen-bond donors (Lipinski definition) is 2. The number of aryl methyl sites for hydroxylation is 1. The Kier molecular flexibility index (Phi) is 6.90. The molecule has 0 spiro atoms. The van der Waals surface area contributed by atoms with Crippen molar-refractivity contribution in [3.8, 4) is 5.75 Å². The fourth-order valence-electron chi connectivity index (χ4n) is 3.14. The molecule has 0 heterocycles. The van der Waals surface area contributed by atoms with E-state index in [1.807, 2.05) is 68.4 Å². The van der Waals surface area contributed by atoms with Gasteiger partial charge in [0.1, 0.15) is 5.75 Å². The Labute approximate surface area is 172 Å². The molecular weight excluding hydrogens is 360 g/mol. The van der Waals surface area contributed by atoms with E-state index in [2.05, 4.69) is 35.8 Å². The van der Waals surface area contributed by atoms with Crippen LogP contribution in [0.5, 0.6) is 5.75 Å². The molecule has 0 fully saturated rings. The molecule has 4 heteroatoms. The first-order valence-corrected chi connectivity index (χ1v) is 10.0. The molecule has 0 unspecified atom stereocenters. The summed E-state index contributed by atoms with van der Waals surface area (Å²) < 4.78 is 5.79. The van der Waals surface area contributed by atoms with Crippen LogP contribution < -0.4 is 15.4 Å². The number of rotatable bonds is 8. The zero-order valence-corrected chi connectivity index (χ0v) is 17.2. The number of carbonyl (C=O) groups is 1. The summed E-state index contributed by atoms with van der Waals surface area (Å²) >= 11 is 0. The lowest BCUT2D eigenvalue weighted by Gasteiger charge is -2.15. The fourth-order valence-corrected chi connectivity index (χ4v) is 3.14. The van der Waals surface area contributed by atoms with Crippen LogP contribution in [0.25, 0.3) is 0 Å². The van der Waals surface area contributed by atoms with Crippen LogP contribution in [0.4, 0.5) is 11.4 Å². The van der Waals surface area contributed by atoms with Crippen molar-refractivity contribution in [2.75, 3.05) is 10.6 Å². The van der Waals surface area contributed by atoms with Gasteiger partial charge in [0, 0.05) is 17.8 Å². The van der Waals surface area contributed by atoms with Crippen LogP contribution in [-0.4, -0.2) is 12.0 Å². The molecular formula is C25H28N2O2. The number of amides is 1. The van der Waals surface area contributed by atoms with Gasteiger partial charge in [-0.3, -0.25) is 4.79 Å². The van der Waals surface area contributed by atoms with Gasteiger partial charge in [0.15, 0.2) is 0 Å². The first kappa shape index (κ1) is 20.5. The van der Waals surface area contributed by atoms with E-state index in [4.69, 9.17) is 4.74 Å². The molecule has 2 N–H and O–H groups in total. The first-order chi connectivity index (χ1) is 14.1. The topological polar surface area (TPSA) is 50.4 Å². The van der Waals surface area contributed by atoms with E-state index in [1.54, 1.807) is 0 Å². The van der Waals surface area contributed by atoms with E-state index in [1.165, 1.54) is 5.56 Å². The maximum absolute atomic E-state index is 12.8. The van der Waals surface area contributed by atoms with Crippen molar-refractivity contribution in [3.63, 3.8) is 0 Å². The minimum absolute atomic E-state index is 0.0356. The molecule has 0 atom stereocenters. The maximum Gasteiger partial charge on any atom is 0.255 e. The van der Waals surface area contributed by atoms with Gasteiger partial charge >= 0.3 is 0 Å². The van der Waals surface area contributed by atoms with Gasteiger partial charge in [-0.15, -0.1) is 0 Å².